The highest BCUT2D eigenvalue weighted by Crippen LogP contribution is 2.24. The number of ether oxygens (including phenoxy) is 1. The Kier molecular flexibility index (Phi) is 5.15. The van der Waals surface area contributed by atoms with Gasteiger partial charge in [0.2, 0.25) is 5.91 Å². The van der Waals surface area contributed by atoms with Gasteiger partial charge in [-0.25, -0.2) is 0 Å². The molecular weight excluding hydrogens is 264 g/mol. The second kappa shape index (κ2) is 6.87. The summed E-state index contributed by atoms with van der Waals surface area (Å²) < 4.78 is 6.79. The molecule has 4 nitrogen and oxygen atoms in total. The molecule has 0 aliphatic heterocycles. The van der Waals surface area contributed by atoms with Crippen LogP contribution in [0.2, 0.25) is 0 Å². The van der Waals surface area contributed by atoms with Gasteiger partial charge in [-0.1, -0.05) is 11.6 Å². The first-order valence-electron chi connectivity index (χ1n) is 7.30. The van der Waals surface area contributed by atoms with E-state index in [9.17, 15) is 4.79 Å². The molecule has 0 spiro atoms. The topological polar surface area (TPSA) is 34.5 Å². The summed E-state index contributed by atoms with van der Waals surface area (Å²) >= 11 is 0. The molecule has 2 rings (SSSR count). The lowest BCUT2D eigenvalue weighted by molar-refractivity contribution is 0.0856. The van der Waals surface area contributed by atoms with Crippen LogP contribution in [0.25, 0.3) is 10.9 Å². The van der Waals surface area contributed by atoms with Crippen molar-refractivity contribution in [1.82, 2.24) is 9.47 Å². The fourth-order valence-corrected chi connectivity index (χ4v) is 2.47. The van der Waals surface area contributed by atoms with E-state index in [0.29, 0.717) is 13.0 Å². The minimum Gasteiger partial charge on any atom is -0.384 e. The number of carbonyl (C=O) groups is 1. The fourth-order valence-electron chi connectivity index (χ4n) is 2.47. The van der Waals surface area contributed by atoms with Gasteiger partial charge in [-0.15, -0.1) is 0 Å². The maximum atomic E-state index is 12.3. The average molecular weight is 288 g/mol. The molecule has 2 aromatic rings. The van der Waals surface area contributed by atoms with E-state index in [1.165, 1.54) is 16.5 Å². The number of likely N-dealkylation sites (N-methyl/N-ethyl adjacent to an activating group) is 1. The molecule has 0 atom stereocenters. The first-order chi connectivity index (χ1) is 10.0. The van der Waals surface area contributed by atoms with Crippen molar-refractivity contribution in [3.8, 4) is 0 Å². The van der Waals surface area contributed by atoms with Crippen LogP contribution in [0, 0.1) is 6.92 Å². The normalized spacial score (nSPS) is 11.5. The minimum absolute atomic E-state index is 0.0850. The lowest BCUT2D eigenvalue weighted by atomic mass is 10.1. The van der Waals surface area contributed by atoms with E-state index >= 15 is 0 Å². The predicted octanol–water partition coefficient (Wildman–Crippen LogP) is 2.73. The highest BCUT2D eigenvalue weighted by molar-refractivity contribution is 5.94. The van der Waals surface area contributed by atoms with Crippen LogP contribution in [-0.2, 0) is 11.2 Å². The van der Waals surface area contributed by atoms with E-state index < -0.39 is 0 Å². The van der Waals surface area contributed by atoms with Gasteiger partial charge in [-0.3, -0.25) is 9.36 Å². The number of hydrogen-bond donors (Lipinski definition) is 0. The maximum absolute atomic E-state index is 12.3. The summed E-state index contributed by atoms with van der Waals surface area (Å²) in [4.78, 5) is 14.5. The SMILES string of the molecule is COCCC(=O)n1cc(CCN(C)C)c2cc(C)ccc21. The molecule has 0 radical (unpaired) electrons. The molecule has 1 aromatic carbocycles. The number of aryl methyl sites for hydroxylation is 1. The number of methoxy groups -OCH3 is 1. The first kappa shape index (κ1) is 15.7. The van der Waals surface area contributed by atoms with Crippen molar-refractivity contribution in [3.05, 3.63) is 35.5 Å². The van der Waals surface area contributed by atoms with E-state index in [-0.39, 0.29) is 5.91 Å². The van der Waals surface area contributed by atoms with Crippen LogP contribution in [0.15, 0.2) is 24.4 Å². The second-order valence-corrected chi connectivity index (χ2v) is 5.73. The summed E-state index contributed by atoms with van der Waals surface area (Å²) in [7, 11) is 5.75. The van der Waals surface area contributed by atoms with E-state index in [1.54, 1.807) is 11.7 Å². The van der Waals surface area contributed by atoms with Gasteiger partial charge in [0.1, 0.15) is 0 Å². The number of carbonyl (C=O) groups excluding carboxylic acids is 1. The third-order valence-corrected chi connectivity index (χ3v) is 3.66. The third-order valence-electron chi connectivity index (χ3n) is 3.66. The van der Waals surface area contributed by atoms with Crippen molar-refractivity contribution >= 4 is 16.8 Å². The molecule has 0 aliphatic carbocycles. The molecule has 0 bridgehead atoms. The Labute approximate surface area is 126 Å². The van der Waals surface area contributed by atoms with Crippen LogP contribution in [0.4, 0.5) is 0 Å². The number of rotatable bonds is 6. The van der Waals surface area contributed by atoms with Crippen LogP contribution >= 0.6 is 0 Å². The molecule has 1 heterocycles. The van der Waals surface area contributed by atoms with Crippen LogP contribution in [0.1, 0.15) is 22.3 Å². The molecule has 0 saturated carbocycles. The van der Waals surface area contributed by atoms with Crippen molar-refractivity contribution in [2.45, 2.75) is 19.8 Å². The number of nitrogens with zero attached hydrogens (tertiary/aromatic N) is 2. The van der Waals surface area contributed by atoms with Gasteiger partial charge >= 0.3 is 0 Å². The number of hydrogen-bond acceptors (Lipinski definition) is 3. The Morgan fingerprint density at radius 2 is 2.10 bits per heavy atom. The first-order valence-corrected chi connectivity index (χ1v) is 7.30. The molecular formula is C17H24N2O2. The number of fused-ring (bicyclic) bond motifs is 1. The Bertz CT molecular complexity index is 629. The van der Waals surface area contributed by atoms with Crippen molar-refractivity contribution in [1.29, 1.82) is 0 Å². The maximum Gasteiger partial charge on any atom is 0.233 e. The highest BCUT2D eigenvalue weighted by atomic mass is 16.5. The van der Waals surface area contributed by atoms with Crippen LogP contribution in [0.3, 0.4) is 0 Å². The Hall–Kier alpha value is -1.65. The summed E-state index contributed by atoms with van der Waals surface area (Å²) in [5, 5.41) is 1.18. The standard InChI is InChI=1S/C17H24N2O2/c1-13-5-6-16-15(11-13)14(7-9-18(2)3)12-19(16)17(20)8-10-21-4/h5-6,11-12H,7-10H2,1-4H3. The molecule has 0 saturated heterocycles. The summed E-state index contributed by atoms with van der Waals surface area (Å²) in [6.45, 7) is 3.51. The van der Waals surface area contributed by atoms with E-state index in [2.05, 4.69) is 38.1 Å². The largest absolute Gasteiger partial charge is 0.384 e. The van der Waals surface area contributed by atoms with E-state index in [0.717, 1.165) is 18.5 Å². The van der Waals surface area contributed by atoms with Gasteiger partial charge in [-0.05, 0) is 45.1 Å². The zero-order valence-corrected chi connectivity index (χ0v) is 13.3. The summed E-state index contributed by atoms with van der Waals surface area (Å²) in [5.74, 6) is 0.0850. The zero-order chi connectivity index (χ0) is 15.4. The van der Waals surface area contributed by atoms with Crippen LogP contribution in [-0.4, -0.2) is 49.7 Å². The lowest BCUT2D eigenvalue weighted by Gasteiger charge is -2.08. The van der Waals surface area contributed by atoms with Crippen molar-refractivity contribution < 1.29 is 9.53 Å². The van der Waals surface area contributed by atoms with Gasteiger partial charge in [0.05, 0.1) is 18.5 Å². The van der Waals surface area contributed by atoms with Gasteiger partial charge in [0, 0.05) is 25.2 Å². The minimum atomic E-state index is 0.0850. The highest BCUT2D eigenvalue weighted by Gasteiger charge is 2.13. The second-order valence-electron chi connectivity index (χ2n) is 5.73. The monoisotopic (exact) mass is 288 g/mol. The summed E-state index contributed by atoms with van der Waals surface area (Å²) in [5.41, 5.74) is 3.44. The Morgan fingerprint density at radius 1 is 1.33 bits per heavy atom. The van der Waals surface area contributed by atoms with Gasteiger partial charge < -0.3 is 9.64 Å². The Morgan fingerprint density at radius 3 is 2.76 bits per heavy atom. The third kappa shape index (κ3) is 3.71. The Balaban J connectivity index is 2.39. The molecule has 0 N–H and O–H groups in total. The van der Waals surface area contributed by atoms with Crippen molar-refractivity contribution in [2.24, 2.45) is 0 Å². The van der Waals surface area contributed by atoms with Gasteiger partial charge in [0.15, 0.2) is 0 Å². The quantitative estimate of drug-likeness (QED) is 0.819. The summed E-state index contributed by atoms with van der Waals surface area (Å²) in [6, 6.07) is 6.26. The predicted molar refractivity (Wildman–Crippen MR) is 86.1 cm³/mol. The molecule has 0 unspecified atom stereocenters. The molecule has 114 valence electrons. The van der Waals surface area contributed by atoms with Crippen LogP contribution < -0.4 is 0 Å². The molecule has 0 fully saturated rings. The molecule has 0 aliphatic rings. The lowest BCUT2D eigenvalue weighted by Crippen LogP contribution is -2.15. The van der Waals surface area contributed by atoms with E-state index in [1.807, 2.05) is 12.3 Å². The molecule has 21 heavy (non-hydrogen) atoms. The zero-order valence-electron chi connectivity index (χ0n) is 13.3. The van der Waals surface area contributed by atoms with Crippen molar-refractivity contribution in [3.63, 3.8) is 0 Å². The van der Waals surface area contributed by atoms with E-state index in [4.69, 9.17) is 4.74 Å². The van der Waals surface area contributed by atoms with Gasteiger partial charge in [-0.2, -0.15) is 0 Å². The average Bonchev–Trinajstić information content (AvgIpc) is 2.80. The van der Waals surface area contributed by atoms with Crippen LogP contribution in [0.5, 0.6) is 0 Å². The number of aromatic nitrogens is 1. The molecule has 0 amide bonds. The molecule has 1 aromatic heterocycles. The fraction of sp³-hybridized carbons (Fsp3) is 0.471. The smallest absolute Gasteiger partial charge is 0.233 e. The molecule has 4 heteroatoms. The van der Waals surface area contributed by atoms with Gasteiger partial charge in [0.25, 0.3) is 0 Å². The number of benzene rings is 1. The van der Waals surface area contributed by atoms with Crippen molar-refractivity contribution in [2.75, 3.05) is 34.4 Å². The summed E-state index contributed by atoms with van der Waals surface area (Å²) in [6.07, 6.45) is 3.34.